The van der Waals surface area contributed by atoms with Gasteiger partial charge in [-0.2, -0.15) is 8.42 Å². The molecular formula is C25H24FN3O6S. The highest BCUT2D eigenvalue weighted by Gasteiger charge is 2.38. The number of amides is 2. The van der Waals surface area contributed by atoms with Crippen LogP contribution in [0.5, 0.6) is 5.75 Å². The Morgan fingerprint density at radius 1 is 1.17 bits per heavy atom. The predicted octanol–water partition coefficient (Wildman–Crippen LogP) is 3.60. The molecule has 0 aromatic heterocycles. The van der Waals surface area contributed by atoms with Crippen LogP contribution in [-0.4, -0.2) is 50.1 Å². The highest BCUT2D eigenvalue weighted by Crippen LogP contribution is 2.41. The normalized spacial score (nSPS) is 19.4. The molecule has 0 spiro atoms. The van der Waals surface area contributed by atoms with Gasteiger partial charge in [0.15, 0.2) is 5.82 Å². The summed E-state index contributed by atoms with van der Waals surface area (Å²) < 4.78 is 49.8. The van der Waals surface area contributed by atoms with Crippen LogP contribution in [-0.2, 0) is 21.6 Å². The summed E-state index contributed by atoms with van der Waals surface area (Å²) in [7, 11) is -4.29. The number of likely N-dealkylation sites (tertiary alicyclic amines) is 1. The largest absolute Gasteiger partial charge is 0.487 e. The summed E-state index contributed by atoms with van der Waals surface area (Å²) in [4.78, 5) is 24.7. The standard InChI is InChI=1S/C25H24FN3O6S/c26-23-20-11-17(19-7-4-10-28(13-19)25(31)32)8-9-18(20)12-21(35-15-16-5-2-1-3-6-16)24(23)29-14-22(30)27-36(29,33)34/h1-3,5-6,8-9,11-12,19H,4,7,10,13-15H2,(H,27,30)(H,31,32). The van der Waals surface area contributed by atoms with Crippen LogP contribution in [0, 0.1) is 5.82 Å². The van der Waals surface area contributed by atoms with Crippen molar-refractivity contribution in [2.24, 2.45) is 0 Å². The number of hydrogen-bond acceptors (Lipinski definition) is 5. The third-order valence-electron chi connectivity index (χ3n) is 6.51. The van der Waals surface area contributed by atoms with E-state index in [0.717, 1.165) is 17.5 Å². The van der Waals surface area contributed by atoms with Gasteiger partial charge in [-0.05, 0) is 41.5 Å². The van der Waals surface area contributed by atoms with Crippen molar-refractivity contribution in [2.75, 3.05) is 23.9 Å². The fraction of sp³-hybridized carbons (Fsp3) is 0.280. The molecule has 0 bridgehead atoms. The molecule has 5 rings (SSSR count). The summed E-state index contributed by atoms with van der Waals surface area (Å²) in [6.07, 6.45) is 0.445. The SMILES string of the molecule is O=C1CN(c2c(OCc3ccccc3)cc3ccc(C4CCCN(C(=O)O)C4)cc3c2F)S(=O)(=O)N1. The van der Waals surface area contributed by atoms with E-state index in [1.165, 1.54) is 4.90 Å². The summed E-state index contributed by atoms with van der Waals surface area (Å²) in [6, 6.07) is 15.9. The molecule has 2 saturated heterocycles. The number of carbonyl (C=O) groups is 2. The van der Waals surface area contributed by atoms with Gasteiger partial charge in [0.05, 0.1) is 0 Å². The Morgan fingerprint density at radius 2 is 1.94 bits per heavy atom. The second kappa shape index (κ2) is 9.30. The second-order valence-corrected chi connectivity index (χ2v) is 10.5. The number of benzene rings is 3. The molecule has 36 heavy (non-hydrogen) atoms. The number of nitrogens with one attached hydrogen (secondary N) is 1. The highest BCUT2D eigenvalue weighted by atomic mass is 32.2. The molecule has 188 valence electrons. The van der Waals surface area contributed by atoms with Crippen LogP contribution < -0.4 is 13.8 Å². The molecule has 2 fully saturated rings. The summed E-state index contributed by atoms with van der Waals surface area (Å²) in [5.74, 6) is -1.72. The zero-order valence-corrected chi connectivity index (χ0v) is 20.0. The number of rotatable bonds is 5. The van der Waals surface area contributed by atoms with Crippen LogP contribution in [0.25, 0.3) is 10.8 Å². The molecule has 0 aliphatic carbocycles. The van der Waals surface area contributed by atoms with Gasteiger partial charge < -0.3 is 14.7 Å². The Kier molecular flexibility index (Phi) is 6.17. The molecule has 2 aliphatic heterocycles. The van der Waals surface area contributed by atoms with Crippen LogP contribution in [0.4, 0.5) is 14.9 Å². The lowest BCUT2D eigenvalue weighted by molar-refractivity contribution is -0.117. The Morgan fingerprint density at radius 3 is 2.64 bits per heavy atom. The summed E-state index contributed by atoms with van der Waals surface area (Å²) in [5, 5.41) is 10.0. The number of carboxylic acid groups (broad SMARTS) is 1. The summed E-state index contributed by atoms with van der Waals surface area (Å²) in [5.41, 5.74) is 1.22. The average Bonchev–Trinajstić information content (AvgIpc) is 3.14. The predicted molar refractivity (Wildman–Crippen MR) is 131 cm³/mol. The first-order chi connectivity index (χ1) is 17.2. The molecule has 11 heteroatoms. The molecule has 1 atom stereocenters. The van der Waals surface area contributed by atoms with Crippen molar-refractivity contribution in [3.8, 4) is 5.75 Å². The lowest BCUT2D eigenvalue weighted by atomic mass is 9.89. The van der Waals surface area contributed by atoms with Crippen LogP contribution in [0.1, 0.15) is 29.9 Å². The van der Waals surface area contributed by atoms with Crippen LogP contribution >= 0.6 is 0 Å². The topological polar surface area (TPSA) is 116 Å². The van der Waals surface area contributed by atoms with Crippen molar-refractivity contribution in [1.29, 1.82) is 0 Å². The lowest BCUT2D eigenvalue weighted by Gasteiger charge is -2.31. The van der Waals surface area contributed by atoms with Gasteiger partial charge in [-0.15, -0.1) is 0 Å². The summed E-state index contributed by atoms with van der Waals surface area (Å²) >= 11 is 0. The van der Waals surface area contributed by atoms with Crippen molar-refractivity contribution in [1.82, 2.24) is 9.62 Å². The molecule has 2 aliphatic rings. The molecule has 0 saturated carbocycles. The number of piperidine rings is 1. The number of ether oxygens (including phenoxy) is 1. The maximum Gasteiger partial charge on any atom is 0.407 e. The van der Waals surface area contributed by atoms with Gasteiger partial charge >= 0.3 is 16.3 Å². The van der Waals surface area contributed by atoms with E-state index >= 15 is 4.39 Å². The van der Waals surface area contributed by atoms with E-state index in [1.54, 1.807) is 18.2 Å². The van der Waals surface area contributed by atoms with Crippen LogP contribution in [0.3, 0.4) is 0 Å². The maximum atomic E-state index is 16.1. The minimum absolute atomic E-state index is 0.00797. The van der Waals surface area contributed by atoms with Gasteiger partial charge in [0, 0.05) is 24.4 Å². The Bertz CT molecular complexity index is 1450. The van der Waals surface area contributed by atoms with E-state index in [0.29, 0.717) is 29.2 Å². The summed E-state index contributed by atoms with van der Waals surface area (Å²) in [6.45, 7) is 0.252. The first-order valence-electron chi connectivity index (χ1n) is 11.5. The number of fused-ring (bicyclic) bond motifs is 1. The van der Waals surface area contributed by atoms with Gasteiger partial charge in [0.2, 0.25) is 0 Å². The third-order valence-corrected chi connectivity index (χ3v) is 7.89. The van der Waals surface area contributed by atoms with Crippen molar-refractivity contribution in [3.05, 3.63) is 71.5 Å². The molecule has 3 aromatic carbocycles. The fourth-order valence-electron chi connectivity index (χ4n) is 4.74. The van der Waals surface area contributed by atoms with Gasteiger partial charge in [0.25, 0.3) is 5.91 Å². The average molecular weight is 514 g/mol. The van der Waals surface area contributed by atoms with E-state index in [9.17, 15) is 23.1 Å². The third kappa shape index (κ3) is 4.53. The van der Waals surface area contributed by atoms with Crippen molar-refractivity contribution in [3.63, 3.8) is 0 Å². The zero-order chi connectivity index (χ0) is 25.4. The van der Waals surface area contributed by atoms with Crippen molar-refractivity contribution < 1.29 is 32.2 Å². The van der Waals surface area contributed by atoms with Crippen molar-refractivity contribution in [2.45, 2.75) is 25.4 Å². The van der Waals surface area contributed by atoms with Crippen LogP contribution in [0.2, 0.25) is 0 Å². The number of hydrogen-bond donors (Lipinski definition) is 2. The monoisotopic (exact) mass is 513 g/mol. The van der Waals surface area contributed by atoms with Gasteiger partial charge in [0.1, 0.15) is 24.6 Å². The first-order valence-corrected chi connectivity index (χ1v) is 12.9. The zero-order valence-electron chi connectivity index (χ0n) is 19.2. The molecule has 3 aromatic rings. The van der Waals surface area contributed by atoms with E-state index in [1.807, 2.05) is 41.1 Å². The maximum absolute atomic E-state index is 16.1. The van der Waals surface area contributed by atoms with Gasteiger partial charge in [-0.25, -0.2) is 18.2 Å². The molecule has 1 unspecified atom stereocenters. The second-order valence-electron chi connectivity index (χ2n) is 8.90. The Labute approximate surface area is 207 Å². The molecule has 2 heterocycles. The minimum Gasteiger partial charge on any atom is -0.487 e. The molecular weight excluding hydrogens is 489 g/mol. The first kappa shape index (κ1) is 23.9. The molecule has 2 amide bonds. The number of carbonyl (C=O) groups excluding carboxylic acids is 1. The van der Waals surface area contributed by atoms with E-state index < -0.39 is 34.6 Å². The highest BCUT2D eigenvalue weighted by molar-refractivity contribution is 7.92. The van der Waals surface area contributed by atoms with Crippen molar-refractivity contribution >= 4 is 38.7 Å². The number of anilines is 1. The molecule has 9 nitrogen and oxygen atoms in total. The molecule has 2 N–H and O–H groups in total. The smallest absolute Gasteiger partial charge is 0.407 e. The van der Waals surface area contributed by atoms with E-state index in [-0.39, 0.29) is 29.3 Å². The number of halogens is 1. The quantitative estimate of drug-likeness (QED) is 0.539. The van der Waals surface area contributed by atoms with E-state index in [4.69, 9.17) is 4.74 Å². The Hall–Kier alpha value is -3.86. The Balaban J connectivity index is 1.58. The molecule has 0 radical (unpaired) electrons. The fourth-order valence-corrected chi connectivity index (χ4v) is 5.90. The van der Waals surface area contributed by atoms with Gasteiger partial charge in [-0.1, -0.05) is 42.5 Å². The van der Waals surface area contributed by atoms with Gasteiger partial charge in [-0.3, -0.25) is 4.79 Å². The number of nitrogens with zero attached hydrogens (tertiary/aromatic N) is 2. The lowest BCUT2D eigenvalue weighted by Crippen LogP contribution is -2.38. The van der Waals surface area contributed by atoms with E-state index in [2.05, 4.69) is 0 Å². The minimum atomic E-state index is -4.29. The van der Waals surface area contributed by atoms with Crippen LogP contribution in [0.15, 0.2) is 54.6 Å².